The minimum atomic E-state index is -0.379. The molecular weight excluding hydrogens is 343 g/mol. The Labute approximate surface area is 158 Å². The number of likely N-dealkylation sites (N-methyl/N-ethyl adjacent to an activating group) is 1. The molecule has 2 aromatic carbocycles. The molecule has 1 saturated heterocycles. The van der Waals surface area contributed by atoms with E-state index in [2.05, 4.69) is 26.9 Å². The van der Waals surface area contributed by atoms with Crippen molar-refractivity contribution in [3.63, 3.8) is 0 Å². The molecule has 1 fully saturated rings. The molecule has 1 aliphatic heterocycles. The summed E-state index contributed by atoms with van der Waals surface area (Å²) in [5, 5.41) is 8.50. The molecule has 0 bridgehead atoms. The molecular formula is C21H23FN4O. The molecule has 27 heavy (non-hydrogen) atoms. The van der Waals surface area contributed by atoms with E-state index in [4.69, 9.17) is 4.42 Å². The van der Waals surface area contributed by atoms with Crippen molar-refractivity contribution in [1.82, 2.24) is 20.0 Å². The van der Waals surface area contributed by atoms with Gasteiger partial charge in [0.2, 0.25) is 11.8 Å². The Bertz CT molecular complexity index is 875. The minimum absolute atomic E-state index is 0.250. The van der Waals surface area contributed by atoms with Crippen LogP contribution in [0.1, 0.15) is 24.4 Å². The molecule has 0 N–H and O–H groups in total. The molecule has 1 atom stereocenters. The molecule has 5 nitrogen and oxygen atoms in total. The van der Waals surface area contributed by atoms with Crippen molar-refractivity contribution in [3.05, 3.63) is 71.9 Å². The average molecular weight is 366 g/mol. The maximum atomic E-state index is 14.6. The number of rotatable bonds is 5. The van der Waals surface area contributed by atoms with Crippen molar-refractivity contribution in [3.8, 4) is 11.5 Å². The van der Waals surface area contributed by atoms with E-state index in [9.17, 15) is 4.39 Å². The van der Waals surface area contributed by atoms with Crippen LogP contribution in [-0.2, 0) is 0 Å². The summed E-state index contributed by atoms with van der Waals surface area (Å²) >= 11 is 0. The first kappa shape index (κ1) is 17.8. The van der Waals surface area contributed by atoms with Crippen LogP contribution in [-0.4, -0.2) is 52.7 Å². The van der Waals surface area contributed by atoms with Crippen molar-refractivity contribution >= 4 is 0 Å². The van der Waals surface area contributed by atoms with Gasteiger partial charge < -0.3 is 9.32 Å². The predicted molar refractivity (Wildman–Crippen MR) is 102 cm³/mol. The SMILES string of the molecule is CCN1CCN(C(c2nnc(-c3ccccc3)o2)c2ccccc2F)CC1. The van der Waals surface area contributed by atoms with Crippen LogP contribution in [0.25, 0.3) is 11.5 Å². The van der Waals surface area contributed by atoms with Crippen LogP contribution in [0.15, 0.2) is 59.0 Å². The van der Waals surface area contributed by atoms with Crippen molar-refractivity contribution < 1.29 is 8.81 Å². The van der Waals surface area contributed by atoms with Gasteiger partial charge >= 0.3 is 0 Å². The highest BCUT2D eigenvalue weighted by Gasteiger charge is 2.32. The second-order valence-electron chi connectivity index (χ2n) is 6.71. The fourth-order valence-electron chi connectivity index (χ4n) is 3.56. The van der Waals surface area contributed by atoms with Crippen LogP contribution in [0, 0.1) is 5.82 Å². The third kappa shape index (κ3) is 3.77. The number of nitrogens with zero attached hydrogens (tertiary/aromatic N) is 4. The first-order chi connectivity index (χ1) is 13.3. The molecule has 1 unspecified atom stereocenters. The van der Waals surface area contributed by atoms with Crippen molar-refractivity contribution in [1.29, 1.82) is 0 Å². The van der Waals surface area contributed by atoms with Crippen LogP contribution in [0.2, 0.25) is 0 Å². The number of piperazine rings is 1. The summed E-state index contributed by atoms with van der Waals surface area (Å²) in [6, 6.07) is 16.1. The largest absolute Gasteiger partial charge is 0.419 e. The highest BCUT2D eigenvalue weighted by atomic mass is 19.1. The zero-order valence-electron chi connectivity index (χ0n) is 15.4. The average Bonchev–Trinajstić information content (AvgIpc) is 3.21. The van der Waals surface area contributed by atoms with Crippen LogP contribution in [0.5, 0.6) is 0 Å². The van der Waals surface area contributed by atoms with Gasteiger partial charge in [-0.3, -0.25) is 4.90 Å². The normalized spacial score (nSPS) is 17.1. The van der Waals surface area contributed by atoms with E-state index in [0.717, 1.165) is 38.3 Å². The number of halogens is 1. The summed E-state index contributed by atoms with van der Waals surface area (Å²) in [7, 11) is 0. The van der Waals surface area contributed by atoms with Gasteiger partial charge in [-0.15, -0.1) is 10.2 Å². The summed E-state index contributed by atoms with van der Waals surface area (Å²) in [4.78, 5) is 4.62. The predicted octanol–water partition coefficient (Wildman–Crippen LogP) is 3.60. The van der Waals surface area contributed by atoms with Crippen molar-refractivity contribution in [2.24, 2.45) is 0 Å². The lowest BCUT2D eigenvalue weighted by atomic mass is 10.0. The molecule has 6 heteroatoms. The highest BCUT2D eigenvalue weighted by molar-refractivity contribution is 5.51. The van der Waals surface area contributed by atoms with Gasteiger partial charge in [0.25, 0.3) is 0 Å². The molecule has 2 heterocycles. The molecule has 1 aromatic heterocycles. The number of aromatic nitrogens is 2. The Morgan fingerprint density at radius 3 is 2.37 bits per heavy atom. The zero-order chi connectivity index (χ0) is 18.6. The molecule has 0 radical (unpaired) electrons. The van der Waals surface area contributed by atoms with E-state index in [0.29, 0.717) is 17.3 Å². The molecule has 1 aliphatic rings. The summed E-state index contributed by atoms with van der Waals surface area (Å²) in [5.41, 5.74) is 1.44. The van der Waals surface area contributed by atoms with Crippen LogP contribution < -0.4 is 0 Å². The maximum Gasteiger partial charge on any atom is 0.247 e. The van der Waals surface area contributed by atoms with Gasteiger partial charge in [0.05, 0.1) is 0 Å². The Balaban J connectivity index is 1.69. The summed E-state index contributed by atoms with van der Waals surface area (Å²) in [6.45, 7) is 6.74. The summed E-state index contributed by atoms with van der Waals surface area (Å²) in [6.07, 6.45) is 0. The lowest BCUT2D eigenvalue weighted by Crippen LogP contribution is -2.47. The fraction of sp³-hybridized carbons (Fsp3) is 0.333. The maximum absolute atomic E-state index is 14.6. The van der Waals surface area contributed by atoms with E-state index < -0.39 is 0 Å². The van der Waals surface area contributed by atoms with Crippen molar-refractivity contribution in [2.75, 3.05) is 32.7 Å². The van der Waals surface area contributed by atoms with E-state index in [-0.39, 0.29) is 11.9 Å². The third-order valence-electron chi connectivity index (χ3n) is 5.11. The number of hydrogen-bond acceptors (Lipinski definition) is 5. The van der Waals surface area contributed by atoms with Crippen LogP contribution in [0.3, 0.4) is 0 Å². The molecule has 0 saturated carbocycles. The molecule has 4 rings (SSSR count). The Morgan fingerprint density at radius 2 is 1.67 bits per heavy atom. The third-order valence-corrected chi connectivity index (χ3v) is 5.11. The topological polar surface area (TPSA) is 45.4 Å². The van der Waals surface area contributed by atoms with E-state index in [1.54, 1.807) is 12.1 Å². The van der Waals surface area contributed by atoms with Gasteiger partial charge in [0, 0.05) is 37.3 Å². The quantitative estimate of drug-likeness (QED) is 0.690. The van der Waals surface area contributed by atoms with Gasteiger partial charge in [-0.25, -0.2) is 4.39 Å². The lowest BCUT2D eigenvalue weighted by molar-refractivity contribution is 0.101. The van der Waals surface area contributed by atoms with Gasteiger partial charge in [-0.2, -0.15) is 0 Å². The summed E-state index contributed by atoms with van der Waals surface area (Å²) < 4.78 is 20.6. The second kappa shape index (κ2) is 7.98. The Hall–Kier alpha value is -2.57. The van der Waals surface area contributed by atoms with Gasteiger partial charge in [0.15, 0.2) is 0 Å². The summed E-state index contributed by atoms with van der Waals surface area (Å²) in [5.74, 6) is 0.642. The number of benzene rings is 2. The smallest absolute Gasteiger partial charge is 0.247 e. The molecule has 0 amide bonds. The first-order valence-corrected chi connectivity index (χ1v) is 9.36. The molecule has 140 valence electrons. The van der Waals surface area contributed by atoms with Crippen LogP contribution >= 0.6 is 0 Å². The van der Waals surface area contributed by atoms with Gasteiger partial charge in [-0.1, -0.05) is 43.3 Å². The molecule has 0 spiro atoms. The molecule has 3 aromatic rings. The monoisotopic (exact) mass is 366 g/mol. The van der Waals surface area contributed by atoms with Gasteiger partial charge in [0.1, 0.15) is 11.9 Å². The highest BCUT2D eigenvalue weighted by Crippen LogP contribution is 2.32. The van der Waals surface area contributed by atoms with E-state index >= 15 is 0 Å². The number of hydrogen-bond donors (Lipinski definition) is 0. The van der Waals surface area contributed by atoms with E-state index in [1.165, 1.54) is 6.07 Å². The Kier molecular flexibility index (Phi) is 5.27. The van der Waals surface area contributed by atoms with E-state index in [1.807, 2.05) is 36.4 Å². The van der Waals surface area contributed by atoms with Gasteiger partial charge in [-0.05, 0) is 24.7 Å². The lowest BCUT2D eigenvalue weighted by Gasteiger charge is -2.37. The standard InChI is InChI=1S/C21H23FN4O/c1-2-25-12-14-26(15-13-25)19(17-10-6-7-11-18(17)22)21-24-23-20(27-21)16-8-4-3-5-9-16/h3-11,19H,2,12-15H2,1H3. The minimum Gasteiger partial charge on any atom is -0.419 e. The molecule has 0 aliphatic carbocycles. The fourth-order valence-corrected chi connectivity index (χ4v) is 3.56. The van der Waals surface area contributed by atoms with Crippen LogP contribution in [0.4, 0.5) is 4.39 Å². The Morgan fingerprint density at radius 1 is 0.963 bits per heavy atom. The van der Waals surface area contributed by atoms with Crippen molar-refractivity contribution in [2.45, 2.75) is 13.0 Å². The second-order valence-corrected chi connectivity index (χ2v) is 6.71. The zero-order valence-corrected chi connectivity index (χ0v) is 15.4. The first-order valence-electron chi connectivity index (χ1n) is 9.36.